The summed E-state index contributed by atoms with van der Waals surface area (Å²) in [5, 5.41) is 30.9. The van der Waals surface area contributed by atoms with Crippen LogP contribution >= 0.6 is 0 Å². The summed E-state index contributed by atoms with van der Waals surface area (Å²) in [6.07, 6.45) is -5.18. The first-order valence-corrected chi connectivity index (χ1v) is 14.3. The van der Waals surface area contributed by atoms with Crippen LogP contribution in [0.2, 0.25) is 0 Å². The molecule has 0 radical (unpaired) electrons. The molecule has 0 amide bonds. The van der Waals surface area contributed by atoms with Gasteiger partial charge in [-0.1, -0.05) is 45.0 Å². The number of aliphatic hydroxyl groups excluding tert-OH is 1. The number of hydrogen-bond donors (Lipinski definition) is 1. The quantitative estimate of drug-likeness (QED) is 0.108. The van der Waals surface area contributed by atoms with E-state index in [2.05, 4.69) is 0 Å². The van der Waals surface area contributed by atoms with Crippen LogP contribution in [-0.2, 0) is 21.1 Å². The second kappa shape index (κ2) is 13.7. The van der Waals surface area contributed by atoms with E-state index in [9.17, 15) is 28.8 Å². The summed E-state index contributed by atoms with van der Waals surface area (Å²) in [4.78, 5) is 0. The van der Waals surface area contributed by atoms with Crippen LogP contribution in [0, 0.1) is 28.5 Å². The highest BCUT2D eigenvalue weighted by Gasteiger charge is 2.32. The Kier molecular flexibility index (Phi) is 10.1. The molecule has 0 aliphatic carbocycles. The van der Waals surface area contributed by atoms with Gasteiger partial charge in [0.1, 0.15) is 29.5 Å². The summed E-state index contributed by atoms with van der Waals surface area (Å²) in [6, 6.07) is 17.1. The number of halogens is 4. The van der Waals surface area contributed by atoms with Crippen LogP contribution in [-0.4, -0.2) is 24.9 Å². The predicted molar refractivity (Wildman–Crippen MR) is 161 cm³/mol. The summed E-state index contributed by atoms with van der Waals surface area (Å²) < 4.78 is 73.1. The summed E-state index contributed by atoms with van der Waals surface area (Å²) in [5.41, 5.74) is -0.866. The lowest BCUT2D eigenvalue weighted by atomic mass is 9.81. The van der Waals surface area contributed by atoms with E-state index in [-0.39, 0.29) is 56.7 Å². The highest BCUT2D eigenvalue weighted by molar-refractivity contribution is 6.05. The maximum Gasteiger partial charge on any atom is 0.416 e. The molecule has 4 aromatic rings. The van der Waals surface area contributed by atoms with Gasteiger partial charge in [0.15, 0.2) is 6.29 Å². The number of hydrogen-bond acceptors (Lipinski definition) is 6. The van der Waals surface area contributed by atoms with Crippen molar-refractivity contribution in [2.45, 2.75) is 52.0 Å². The van der Waals surface area contributed by atoms with Gasteiger partial charge in [-0.25, -0.2) is 4.39 Å². The van der Waals surface area contributed by atoms with Crippen molar-refractivity contribution in [2.75, 3.05) is 19.8 Å². The normalized spacial score (nSPS) is 12.5. The SMILES string of the molecule is CCOCCCOC(O)c1ccc(Oc2c(C(C)(C)C)c(F)cc3cc(C#N)c(C#N)c(-c4ccc(C(F)(F)F)cc4)c23)cc1. The van der Waals surface area contributed by atoms with Crippen molar-refractivity contribution in [3.05, 3.63) is 94.3 Å². The number of fused-ring (bicyclic) bond motifs is 1. The van der Waals surface area contributed by atoms with Crippen LogP contribution in [0.3, 0.4) is 0 Å². The largest absolute Gasteiger partial charge is 0.456 e. The van der Waals surface area contributed by atoms with Crippen LogP contribution in [0.15, 0.2) is 60.7 Å². The van der Waals surface area contributed by atoms with Crippen LogP contribution in [0.5, 0.6) is 11.5 Å². The van der Waals surface area contributed by atoms with Crippen molar-refractivity contribution >= 4 is 10.8 Å². The lowest BCUT2D eigenvalue weighted by Crippen LogP contribution is -2.16. The van der Waals surface area contributed by atoms with E-state index in [0.29, 0.717) is 25.2 Å². The predicted octanol–water partition coefficient (Wildman–Crippen LogP) is 8.93. The lowest BCUT2D eigenvalue weighted by Gasteiger charge is -2.26. The molecule has 1 atom stereocenters. The van der Waals surface area contributed by atoms with Gasteiger partial charge in [-0.3, -0.25) is 0 Å². The first kappa shape index (κ1) is 33.4. The molecule has 0 saturated heterocycles. The molecular formula is C35H32F4N2O4. The standard InChI is InChI=1S/C35H32F4N2O4/c1-5-43-15-6-16-44-33(42)22-9-13-26(14-10-22)45-32-30-23(18-28(36)31(32)34(2,3)4)17-24(19-40)27(20-41)29(30)21-7-11-25(12-8-21)35(37,38)39/h7-14,17-18,33,42H,5-6,15-16H2,1-4H3. The number of rotatable bonds is 10. The zero-order valence-electron chi connectivity index (χ0n) is 25.3. The highest BCUT2D eigenvalue weighted by atomic mass is 19.4. The van der Waals surface area contributed by atoms with E-state index in [1.807, 2.05) is 19.1 Å². The Morgan fingerprint density at radius 2 is 1.58 bits per heavy atom. The second-order valence-corrected chi connectivity index (χ2v) is 11.3. The topological polar surface area (TPSA) is 95.5 Å². The van der Waals surface area contributed by atoms with Crippen LogP contribution in [0.1, 0.15) is 68.2 Å². The molecule has 0 bridgehead atoms. The maximum absolute atomic E-state index is 15.9. The molecular weight excluding hydrogens is 588 g/mol. The third-order valence-corrected chi connectivity index (χ3v) is 7.11. The summed E-state index contributed by atoms with van der Waals surface area (Å²) in [5.74, 6) is -0.306. The van der Waals surface area contributed by atoms with Gasteiger partial charge in [0, 0.05) is 35.3 Å². The molecule has 45 heavy (non-hydrogen) atoms. The first-order chi connectivity index (χ1) is 21.3. The molecule has 1 unspecified atom stereocenters. The van der Waals surface area contributed by atoms with Gasteiger partial charge in [-0.2, -0.15) is 23.7 Å². The zero-order chi connectivity index (χ0) is 32.9. The molecule has 0 aliphatic heterocycles. The van der Waals surface area contributed by atoms with E-state index in [1.54, 1.807) is 45.0 Å². The summed E-state index contributed by atoms with van der Waals surface area (Å²) >= 11 is 0. The number of aliphatic hydroxyl groups is 1. The molecule has 0 aliphatic rings. The second-order valence-electron chi connectivity index (χ2n) is 11.3. The molecule has 0 spiro atoms. The van der Waals surface area contributed by atoms with E-state index >= 15 is 4.39 Å². The number of nitriles is 2. The monoisotopic (exact) mass is 620 g/mol. The zero-order valence-corrected chi connectivity index (χ0v) is 25.3. The van der Waals surface area contributed by atoms with Crippen LogP contribution in [0.25, 0.3) is 21.9 Å². The molecule has 4 aromatic carbocycles. The fourth-order valence-electron chi connectivity index (χ4n) is 5.04. The van der Waals surface area contributed by atoms with E-state index < -0.39 is 29.3 Å². The van der Waals surface area contributed by atoms with Crippen LogP contribution in [0.4, 0.5) is 17.6 Å². The van der Waals surface area contributed by atoms with Crippen molar-refractivity contribution < 1.29 is 36.9 Å². The van der Waals surface area contributed by atoms with Gasteiger partial charge in [-0.15, -0.1) is 0 Å². The molecule has 4 rings (SSSR count). The molecule has 0 saturated carbocycles. The Hall–Kier alpha value is -4.48. The third kappa shape index (κ3) is 7.43. The Morgan fingerprint density at radius 3 is 2.13 bits per heavy atom. The Balaban J connectivity index is 1.89. The Bertz CT molecular complexity index is 1750. The van der Waals surface area contributed by atoms with E-state index in [4.69, 9.17) is 14.2 Å². The van der Waals surface area contributed by atoms with Crippen molar-refractivity contribution in [3.8, 4) is 34.8 Å². The molecule has 0 heterocycles. The smallest absolute Gasteiger partial charge is 0.416 e. The van der Waals surface area contributed by atoms with Crippen LogP contribution < -0.4 is 4.74 Å². The third-order valence-electron chi connectivity index (χ3n) is 7.11. The van der Waals surface area contributed by atoms with Gasteiger partial charge >= 0.3 is 6.18 Å². The molecule has 1 N–H and O–H groups in total. The van der Waals surface area contributed by atoms with Gasteiger partial charge in [-0.05, 0) is 66.1 Å². The molecule has 6 nitrogen and oxygen atoms in total. The molecule has 0 fully saturated rings. The average molecular weight is 621 g/mol. The van der Waals surface area contributed by atoms with Crippen molar-refractivity contribution in [1.82, 2.24) is 0 Å². The molecule has 10 heteroatoms. The van der Waals surface area contributed by atoms with Gasteiger partial charge in [0.2, 0.25) is 0 Å². The Labute approximate surface area is 259 Å². The number of alkyl halides is 3. The summed E-state index contributed by atoms with van der Waals surface area (Å²) in [6.45, 7) is 8.59. The van der Waals surface area contributed by atoms with Gasteiger partial charge in [0.05, 0.1) is 23.3 Å². The van der Waals surface area contributed by atoms with Crippen molar-refractivity contribution in [2.24, 2.45) is 0 Å². The number of ether oxygens (including phenoxy) is 3. The fourth-order valence-corrected chi connectivity index (χ4v) is 5.04. The molecule has 0 aromatic heterocycles. The fraction of sp³-hybridized carbons (Fsp3) is 0.314. The van der Waals surface area contributed by atoms with Crippen molar-refractivity contribution in [1.29, 1.82) is 10.5 Å². The van der Waals surface area contributed by atoms with Gasteiger partial charge in [0.25, 0.3) is 0 Å². The van der Waals surface area contributed by atoms with Gasteiger partial charge < -0.3 is 19.3 Å². The first-order valence-electron chi connectivity index (χ1n) is 14.3. The minimum Gasteiger partial charge on any atom is -0.456 e. The average Bonchev–Trinajstić information content (AvgIpc) is 2.99. The number of benzene rings is 4. The lowest BCUT2D eigenvalue weighted by molar-refractivity contribution is -0.137. The van der Waals surface area contributed by atoms with E-state index in [0.717, 1.165) is 12.1 Å². The maximum atomic E-state index is 15.9. The Morgan fingerprint density at radius 1 is 0.911 bits per heavy atom. The summed E-state index contributed by atoms with van der Waals surface area (Å²) in [7, 11) is 0. The highest BCUT2D eigenvalue weighted by Crippen LogP contribution is 2.47. The van der Waals surface area contributed by atoms with Crippen molar-refractivity contribution in [3.63, 3.8) is 0 Å². The minimum atomic E-state index is -4.59. The number of nitrogens with zero attached hydrogens (tertiary/aromatic N) is 2. The minimum absolute atomic E-state index is 0.0499. The molecule has 234 valence electrons. The van der Waals surface area contributed by atoms with E-state index in [1.165, 1.54) is 24.3 Å².